The number of thiazole rings is 1. The minimum absolute atomic E-state index is 0.0112. The lowest BCUT2D eigenvalue weighted by atomic mass is 9.96. The Morgan fingerprint density at radius 3 is 2.67 bits per heavy atom. The molecule has 1 aliphatic rings. The van der Waals surface area contributed by atoms with Crippen molar-refractivity contribution < 1.29 is 19.5 Å². The quantitative estimate of drug-likeness (QED) is 0.392. The molecule has 1 saturated carbocycles. The molecule has 9 nitrogen and oxygen atoms in total. The number of nitrogens with one attached hydrogen (secondary N) is 2. The molecule has 0 aromatic carbocycles. The van der Waals surface area contributed by atoms with Crippen molar-refractivity contribution in [2.75, 3.05) is 10.6 Å². The predicted octanol–water partition coefficient (Wildman–Crippen LogP) is 4.73. The number of carbonyl (C=O) groups excluding carboxylic acids is 2. The Labute approximate surface area is 198 Å². The SMILES string of the molecule is O=C(O)Cc1nc(NC(=O)Nc2ccncc2C(=O)C2CCCC2)sc1Sc1ccccn1. The number of Topliss-reactive ketones (excluding diaryl/α,β-unsaturated/α-hetero) is 1. The van der Waals surface area contributed by atoms with E-state index in [0.717, 1.165) is 37.0 Å². The Morgan fingerprint density at radius 2 is 1.94 bits per heavy atom. The molecule has 170 valence electrons. The Morgan fingerprint density at radius 1 is 1.12 bits per heavy atom. The summed E-state index contributed by atoms with van der Waals surface area (Å²) in [5.74, 6) is -1.07. The van der Waals surface area contributed by atoms with Gasteiger partial charge in [-0.2, -0.15) is 0 Å². The number of hydrogen-bond acceptors (Lipinski definition) is 8. The molecular weight excluding hydrogens is 462 g/mol. The van der Waals surface area contributed by atoms with Crippen molar-refractivity contribution in [3.05, 3.63) is 54.1 Å². The number of carboxylic acids is 1. The molecule has 0 aliphatic heterocycles. The molecule has 33 heavy (non-hydrogen) atoms. The van der Waals surface area contributed by atoms with Crippen LogP contribution in [0, 0.1) is 5.92 Å². The molecule has 4 rings (SSSR count). The van der Waals surface area contributed by atoms with Crippen LogP contribution in [0.1, 0.15) is 41.7 Å². The Kier molecular flexibility index (Phi) is 7.30. The van der Waals surface area contributed by atoms with E-state index in [0.29, 0.717) is 26.2 Å². The number of urea groups is 1. The summed E-state index contributed by atoms with van der Waals surface area (Å²) in [4.78, 5) is 49.3. The summed E-state index contributed by atoms with van der Waals surface area (Å²) in [6, 6.07) is 6.44. The molecule has 0 radical (unpaired) electrons. The Bertz CT molecular complexity index is 1160. The third-order valence-electron chi connectivity index (χ3n) is 5.10. The molecule has 1 aliphatic carbocycles. The monoisotopic (exact) mass is 483 g/mol. The smallest absolute Gasteiger partial charge is 0.325 e. The molecule has 11 heteroatoms. The van der Waals surface area contributed by atoms with Gasteiger partial charge in [0, 0.05) is 24.5 Å². The zero-order chi connectivity index (χ0) is 23.2. The van der Waals surface area contributed by atoms with Crippen LogP contribution < -0.4 is 10.6 Å². The first-order valence-corrected chi connectivity index (χ1v) is 12.0. The second kappa shape index (κ2) is 10.5. The lowest BCUT2D eigenvalue weighted by Gasteiger charge is -2.13. The largest absolute Gasteiger partial charge is 0.481 e. The third kappa shape index (κ3) is 5.93. The molecular formula is C22H21N5O4S2. The highest BCUT2D eigenvalue weighted by Crippen LogP contribution is 2.37. The van der Waals surface area contributed by atoms with Crippen LogP contribution in [0.3, 0.4) is 0 Å². The van der Waals surface area contributed by atoms with Gasteiger partial charge in [-0.05, 0) is 31.0 Å². The number of hydrogen-bond donors (Lipinski definition) is 3. The van der Waals surface area contributed by atoms with E-state index < -0.39 is 12.0 Å². The molecule has 0 saturated heterocycles. The van der Waals surface area contributed by atoms with Crippen molar-refractivity contribution in [1.82, 2.24) is 15.0 Å². The van der Waals surface area contributed by atoms with Crippen LogP contribution in [0.5, 0.6) is 0 Å². The fourth-order valence-electron chi connectivity index (χ4n) is 3.59. The van der Waals surface area contributed by atoms with Crippen LogP contribution in [0.15, 0.2) is 52.1 Å². The van der Waals surface area contributed by atoms with Gasteiger partial charge in [-0.15, -0.1) is 0 Å². The fourth-order valence-corrected chi connectivity index (χ4v) is 5.64. The number of ketones is 1. The molecule has 0 unspecified atom stereocenters. The van der Waals surface area contributed by atoms with Gasteiger partial charge in [0.15, 0.2) is 10.9 Å². The van der Waals surface area contributed by atoms with Crippen molar-refractivity contribution in [3.63, 3.8) is 0 Å². The summed E-state index contributed by atoms with van der Waals surface area (Å²) in [5, 5.41) is 15.5. The van der Waals surface area contributed by atoms with Crippen LogP contribution in [0.2, 0.25) is 0 Å². The zero-order valence-corrected chi connectivity index (χ0v) is 19.1. The molecule has 1 fully saturated rings. The van der Waals surface area contributed by atoms with E-state index >= 15 is 0 Å². The summed E-state index contributed by atoms with van der Waals surface area (Å²) in [5.41, 5.74) is 1.11. The van der Waals surface area contributed by atoms with E-state index in [1.165, 1.54) is 24.2 Å². The number of aliphatic carboxylic acids is 1. The molecule has 3 N–H and O–H groups in total. The fraction of sp³-hybridized carbons (Fsp3) is 0.273. The molecule has 0 spiro atoms. The van der Waals surface area contributed by atoms with Gasteiger partial charge in [0.2, 0.25) is 0 Å². The minimum Gasteiger partial charge on any atom is -0.481 e. The number of carbonyl (C=O) groups is 3. The summed E-state index contributed by atoms with van der Waals surface area (Å²) in [7, 11) is 0. The first kappa shape index (κ1) is 22.9. The number of amides is 2. The van der Waals surface area contributed by atoms with Gasteiger partial charge < -0.3 is 10.4 Å². The molecule has 2 amide bonds. The van der Waals surface area contributed by atoms with E-state index in [-0.39, 0.29) is 23.3 Å². The summed E-state index contributed by atoms with van der Waals surface area (Å²) >= 11 is 2.45. The zero-order valence-electron chi connectivity index (χ0n) is 17.5. The van der Waals surface area contributed by atoms with Crippen LogP contribution in [-0.4, -0.2) is 37.8 Å². The highest BCUT2D eigenvalue weighted by Gasteiger charge is 2.26. The Hall–Kier alpha value is -3.31. The number of rotatable bonds is 8. The standard InChI is InChI=1S/C22H21N5O4S2/c28-18(29)11-16-20(32-17-7-3-4-9-24-17)33-22(26-16)27-21(31)25-15-8-10-23-12-14(15)19(30)13-5-1-2-6-13/h3-4,7-10,12-13H,1-2,5-6,11H2,(H,28,29)(H2,23,25,26,27,31). The Balaban J connectivity index is 1.48. The number of anilines is 2. The maximum Gasteiger partial charge on any atom is 0.325 e. The first-order valence-electron chi connectivity index (χ1n) is 10.4. The van der Waals surface area contributed by atoms with E-state index in [9.17, 15) is 19.5 Å². The van der Waals surface area contributed by atoms with Gasteiger partial charge in [-0.3, -0.25) is 19.9 Å². The van der Waals surface area contributed by atoms with Gasteiger partial charge in [0.05, 0.1) is 27.6 Å². The number of nitrogens with zero attached hydrogens (tertiary/aromatic N) is 3. The van der Waals surface area contributed by atoms with E-state index in [4.69, 9.17) is 0 Å². The van der Waals surface area contributed by atoms with E-state index in [1.54, 1.807) is 24.4 Å². The van der Waals surface area contributed by atoms with Crippen molar-refractivity contribution in [2.24, 2.45) is 5.92 Å². The van der Waals surface area contributed by atoms with Crippen molar-refractivity contribution in [1.29, 1.82) is 0 Å². The molecule has 0 bridgehead atoms. The lowest BCUT2D eigenvalue weighted by molar-refractivity contribution is -0.136. The molecule has 3 aromatic heterocycles. The van der Waals surface area contributed by atoms with Crippen LogP contribution in [0.25, 0.3) is 0 Å². The molecule has 3 heterocycles. The molecule has 0 atom stereocenters. The van der Waals surface area contributed by atoms with E-state index in [2.05, 4.69) is 25.6 Å². The minimum atomic E-state index is -1.02. The molecule has 3 aromatic rings. The van der Waals surface area contributed by atoms with Crippen LogP contribution in [-0.2, 0) is 11.2 Å². The van der Waals surface area contributed by atoms with Crippen molar-refractivity contribution in [2.45, 2.75) is 41.3 Å². The first-order chi connectivity index (χ1) is 16.0. The highest BCUT2D eigenvalue weighted by atomic mass is 32.2. The van der Waals surface area contributed by atoms with Crippen LogP contribution >= 0.6 is 23.1 Å². The van der Waals surface area contributed by atoms with Gasteiger partial charge in [0.25, 0.3) is 0 Å². The maximum absolute atomic E-state index is 12.8. The van der Waals surface area contributed by atoms with Gasteiger partial charge in [-0.1, -0.05) is 42.0 Å². The average Bonchev–Trinajstić information content (AvgIpc) is 3.45. The van der Waals surface area contributed by atoms with Gasteiger partial charge >= 0.3 is 12.0 Å². The maximum atomic E-state index is 12.8. The van der Waals surface area contributed by atoms with Crippen molar-refractivity contribution in [3.8, 4) is 0 Å². The van der Waals surface area contributed by atoms with Gasteiger partial charge in [0.1, 0.15) is 5.03 Å². The normalized spacial score (nSPS) is 13.6. The number of pyridine rings is 2. The van der Waals surface area contributed by atoms with Gasteiger partial charge in [-0.25, -0.2) is 14.8 Å². The van der Waals surface area contributed by atoms with Crippen LogP contribution in [0.4, 0.5) is 15.6 Å². The number of carboxylic acid groups (broad SMARTS) is 1. The summed E-state index contributed by atoms with van der Waals surface area (Å²) in [6.07, 6.45) is 8.11. The topological polar surface area (TPSA) is 134 Å². The lowest BCUT2D eigenvalue weighted by Crippen LogP contribution is -2.22. The van der Waals surface area contributed by atoms with Crippen molar-refractivity contribution >= 4 is 51.7 Å². The summed E-state index contributed by atoms with van der Waals surface area (Å²) < 4.78 is 0.632. The third-order valence-corrected chi connectivity index (χ3v) is 7.28. The highest BCUT2D eigenvalue weighted by molar-refractivity contribution is 8.01. The second-order valence-corrected chi connectivity index (χ2v) is 9.73. The average molecular weight is 484 g/mol. The van der Waals surface area contributed by atoms with E-state index in [1.807, 2.05) is 6.07 Å². The second-order valence-electron chi connectivity index (χ2n) is 7.44. The predicted molar refractivity (Wildman–Crippen MR) is 125 cm³/mol. The number of aromatic nitrogens is 3. The summed E-state index contributed by atoms with van der Waals surface area (Å²) in [6.45, 7) is 0.